The Hall–Kier alpha value is -2.70. The van der Waals surface area contributed by atoms with Crippen molar-refractivity contribution >= 4 is 28.5 Å². The van der Waals surface area contributed by atoms with E-state index in [-0.39, 0.29) is 51.6 Å². The number of halogens is 5. The summed E-state index contributed by atoms with van der Waals surface area (Å²) >= 11 is 1.10. The van der Waals surface area contributed by atoms with Crippen molar-refractivity contribution in [1.29, 1.82) is 0 Å². The van der Waals surface area contributed by atoms with E-state index in [0.29, 0.717) is 19.2 Å². The number of nitrogens with one attached hydrogen (secondary N) is 1. The summed E-state index contributed by atoms with van der Waals surface area (Å²) < 4.78 is 78.9. The van der Waals surface area contributed by atoms with Crippen molar-refractivity contribution in [2.45, 2.75) is 43.0 Å². The van der Waals surface area contributed by atoms with Crippen LogP contribution in [0.5, 0.6) is 0 Å². The Balaban J connectivity index is 1.91. The predicted octanol–water partition coefficient (Wildman–Crippen LogP) is 4.84. The molecule has 0 bridgehead atoms. The summed E-state index contributed by atoms with van der Waals surface area (Å²) in [5.41, 5.74) is -2.23. The molecule has 3 heterocycles. The zero-order valence-electron chi connectivity index (χ0n) is 20.3. The first-order valence-corrected chi connectivity index (χ1v) is 12.8. The van der Waals surface area contributed by atoms with Gasteiger partial charge in [-0.25, -0.2) is 13.6 Å². The van der Waals surface area contributed by atoms with Crippen LogP contribution < -0.4 is 15.9 Å². The maximum Gasteiger partial charge on any atom is 0.417 e. The van der Waals surface area contributed by atoms with Crippen molar-refractivity contribution in [3.63, 3.8) is 0 Å². The second kappa shape index (κ2) is 9.55. The van der Waals surface area contributed by atoms with Gasteiger partial charge >= 0.3 is 11.9 Å². The third kappa shape index (κ3) is 4.59. The second-order valence-corrected chi connectivity index (χ2v) is 10.6. The van der Waals surface area contributed by atoms with Crippen molar-refractivity contribution in [2.24, 2.45) is 0 Å². The summed E-state index contributed by atoms with van der Waals surface area (Å²) in [6.45, 7) is 4.92. The fourth-order valence-corrected chi connectivity index (χ4v) is 6.64. The van der Waals surface area contributed by atoms with Gasteiger partial charge in [-0.05, 0) is 32.0 Å². The Morgan fingerprint density at radius 2 is 1.86 bits per heavy atom. The molecule has 0 amide bonds. The van der Waals surface area contributed by atoms with Crippen LogP contribution in [0.25, 0.3) is 22.0 Å². The molecule has 0 unspecified atom stereocenters. The monoisotopic (exact) mass is 540 g/mol. The van der Waals surface area contributed by atoms with Gasteiger partial charge in [0.2, 0.25) is 0 Å². The zero-order chi connectivity index (χ0) is 26.6. The van der Waals surface area contributed by atoms with E-state index < -0.39 is 40.7 Å². The lowest BCUT2D eigenvalue weighted by molar-refractivity contribution is -0.137. The highest BCUT2D eigenvalue weighted by molar-refractivity contribution is 7.99. The molecule has 1 saturated heterocycles. The standard InChI is InChI=1S/C25H25F5N4O2S/c1-12-8-33(9-13(2)31-12)23-17-7-18(25(28,29)30)20(16-5-4-14(26)6-19(16)27)22-21(17)34(24(35)32-23)15(10-36-3)11-37-22/h4-7,12-13,15,31H,8-11H2,1-3H3/t12-,13+,15-/m0/s1. The highest BCUT2D eigenvalue weighted by atomic mass is 32.2. The molecule has 5 rings (SSSR count). The van der Waals surface area contributed by atoms with Crippen molar-refractivity contribution in [3.8, 4) is 11.1 Å². The van der Waals surface area contributed by atoms with E-state index in [2.05, 4.69) is 10.3 Å². The summed E-state index contributed by atoms with van der Waals surface area (Å²) in [5.74, 6) is -1.64. The Kier molecular flexibility index (Phi) is 6.70. The molecule has 2 aliphatic rings. The van der Waals surface area contributed by atoms with Gasteiger partial charge in [0, 0.05) is 65.5 Å². The summed E-state index contributed by atoms with van der Waals surface area (Å²) in [6.07, 6.45) is -4.85. The summed E-state index contributed by atoms with van der Waals surface area (Å²) in [6, 6.07) is 2.98. The molecule has 0 saturated carbocycles. The molecule has 2 aromatic carbocycles. The Morgan fingerprint density at radius 3 is 2.49 bits per heavy atom. The lowest BCUT2D eigenvalue weighted by atomic mass is 9.95. The molecule has 0 radical (unpaired) electrons. The zero-order valence-corrected chi connectivity index (χ0v) is 21.1. The molecule has 1 N–H and O–H groups in total. The second-order valence-electron chi connectivity index (χ2n) is 9.53. The van der Waals surface area contributed by atoms with Crippen LogP contribution in [0.2, 0.25) is 0 Å². The van der Waals surface area contributed by atoms with Gasteiger partial charge in [-0.1, -0.05) is 0 Å². The van der Waals surface area contributed by atoms with Crippen LogP contribution in [0.3, 0.4) is 0 Å². The van der Waals surface area contributed by atoms with Crippen molar-refractivity contribution in [1.82, 2.24) is 14.9 Å². The van der Waals surface area contributed by atoms with Crippen LogP contribution in [-0.4, -0.2) is 54.2 Å². The number of hydrogen-bond donors (Lipinski definition) is 1. The Bertz CT molecular complexity index is 1420. The number of rotatable bonds is 4. The van der Waals surface area contributed by atoms with Crippen LogP contribution in [0.4, 0.5) is 27.8 Å². The first-order valence-electron chi connectivity index (χ1n) is 11.8. The largest absolute Gasteiger partial charge is 0.417 e. The van der Waals surface area contributed by atoms with Gasteiger partial charge in [0.1, 0.15) is 17.5 Å². The molecule has 37 heavy (non-hydrogen) atoms. The summed E-state index contributed by atoms with van der Waals surface area (Å²) in [5, 5.41) is 3.52. The quantitative estimate of drug-likeness (QED) is 0.478. The van der Waals surface area contributed by atoms with E-state index in [1.807, 2.05) is 18.7 Å². The average molecular weight is 541 g/mol. The third-order valence-corrected chi connectivity index (χ3v) is 7.89. The maximum atomic E-state index is 14.9. The molecule has 2 aliphatic heterocycles. The van der Waals surface area contributed by atoms with Gasteiger partial charge in [-0.15, -0.1) is 11.8 Å². The molecular weight excluding hydrogens is 515 g/mol. The van der Waals surface area contributed by atoms with Gasteiger partial charge < -0.3 is 15.0 Å². The molecule has 6 nitrogen and oxygen atoms in total. The first kappa shape index (κ1) is 25.9. The maximum absolute atomic E-state index is 14.9. The molecule has 198 valence electrons. The molecule has 1 fully saturated rings. The van der Waals surface area contributed by atoms with E-state index in [1.165, 1.54) is 11.7 Å². The van der Waals surface area contributed by atoms with Crippen LogP contribution in [0, 0.1) is 11.6 Å². The smallest absolute Gasteiger partial charge is 0.383 e. The number of aromatic nitrogens is 2. The van der Waals surface area contributed by atoms with E-state index in [4.69, 9.17) is 4.74 Å². The minimum absolute atomic E-state index is 0.0145. The highest BCUT2D eigenvalue weighted by Crippen LogP contribution is 2.50. The number of anilines is 1. The lowest BCUT2D eigenvalue weighted by Crippen LogP contribution is -2.55. The molecule has 1 aromatic heterocycles. The van der Waals surface area contributed by atoms with Gasteiger partial charge in [0.25, 0.3) is 0 Å². The fourth-order valence-electron chi connectivity index (χ4n) is 5.33. The van der Waals surface area contributed by atoms with Crippen molar-refractivity contribution < 1.29 is 26.7 Å². The Labute approximate surface area is 213 Å². The molecule has 3 atom stereocenters. The van der Waals surface area contributed by atoms with E-state index >= 15 is 0 Å². The van der Waals surface area contributed by atoms with Gasteiger partial charge in [0.15, 0.2) is 0 Å². The number of nitrogens with zero attached hydrogens (tertiary/aromatic N) is 3. The normalized spacial score (nSPS) is 22.1. The van der Waals surface area contributed by atoms with Crippen LogP contribution in [0.1, 0.15) is 25.5 Å². The number of alkyl halides is 3. The van der Waals surface area contributed by atoms with Crippen molar-refractivity contribution in [2.75, 3.05) is 37.5 Å². The molecule has 0 spiro atoms. The number of thioether (sulfide) groups is 1. The predicted molar refractivity (Wildman–Crippen MR) is 132 cm³/mol. The van der Waals surface area contributed by atoms with Crippen molar-refractivity contribution in [3.05, 3.63) is 51.9 Å². The Morgan fingerprint density at radius 1 is 1.16 bits per heavy atom. The first-order chi connectivity index (χ1) is 17.5. The van der Waals surface area contributed by atoms with Gasteiger partial charge in [0.05, 0.1) is 23.7 Å². The fraction of sp³-hybridized carbons (Fsp3) is 0.440. The number of methoxy groups -OCH3 is 1. The van der Waals surface area contributed by atoms with E-state index in [9.17, 15) is 26.7 Å². The van der Waals surface area contributed by atoms with Crippen LogP contribution in [0.15, 0.2) is 34.0 Å². The number of ether oxygens (including phenoxy) is 1. The van der Waals surface area contributed by atoms with E-state index in [1.54, 1.807) is 0 Å². The molecule has 12 heteroatoms. The van der Waals surface area contributed by atoms with Crippen LogP contribution >= 0.6 is 11.8 Å². The summed E-state index contributed by atoms with van der Waals surface area (Å²) in [7, 11) is 1.47. The molecule has 3 aromatic rings. The molecular formula is C25H25F5N4O2S. The van der Waals surface area contributed by atoms with E-state index in [0.717, 1.165) is 30.0 Å². The minimum Gasteiger partial charge on any atom is -0.383 e. The third-order valence-electron chi connectivity index (χ3n) is 6.65. The number of benzene rings is 2. The average Bonchev–Trinajstić information content (AvgIpc) is 2.80. The lowest BCUT2D eigenvalue weighted by Gasteiger charge is -2.38. The molecule has 0 aliphatic carbocycles. The van der Waals surface area contributed by atoms with Crippen LogP contribution in [-0.2, 0) is 10.9 Å². The van der Waals surface area contributed by atoms with Gasteiger partial charge in [-0.3, -0.25) is 4.57 Å². The SMILES string of the molecule is COC[C@H]1CSc2c(-c3ccc(F)cc3F)c(C(F)(F)F)cc3c(N4C[C@@H](C)N[C@@H](C)C4)nc(=O)n1c23. The van der Waals surface area contributed by atoms with Gasteiger partial charge in [-0.2, -0.15) is 18.2 Å². The number of hydrogen-bond acceptors (Lipinski definition) is 6. The minimum atomic E-state index is -4.85. The number of piperazine rings is 1. The topological polar surface area (TPSA) is 59.4 Å². The highest BCUT2D eigenvalue weighted by Gasteiger charge is 2.40. The summed E-state index contributed by atoms with van der Waals surface area (Å²) in [4.78, 5) is 19.6.